The molecule has 18 heavy (non-hydrogen) atoms. The number of ether oxygens (including phenoxy) is 1. The highest BCUT2D eigenvalue weighted by molar-refractivity contribution is 5.71. The molecule has 1 saturated heterocycles. The van der Waals surface area contributed by atoms with Crippen molar-refractivity contribution in [1.29, 1.82) is 0 Å². The van der Waals surface area contributed by atoms with Gasteiger partial charge in [-0.1, -0.05) is 12.1 Å². The second kappa shape index (κ2) is 5.37. The number of phenolic OH excluding ortho intramolecular Hbond substituents is 1. The minimum Gasteiger partial charge on any atom is -0.508 e. The van der Waals surface area contributed by atoms with Crippen LogP contribution in [0.4, 0.5) is 0 Å². The fourth-order valence-electron chi connectivity index (χ4n) is 2.22. The normalized spacial score (nSPS) is 23.4. The molecule has 1 heterocycles. The molecule has 2 rings (SSSR count). The highest BCUT2D eigenvalue weighted by Crippen LogP contribution is 2.21. The first-order chi connectivity index (χ1) is 8.58. The lowest BCUT2D eigenvalue weighted by atomic mass is 10.0. The average molecular weight is 251 g/mol. The van der Waals surface area contributed by atoms with Gasteiger partial charge in [0.25, 0.3) is 0 Å². The number of likely N-dealkylation sites (N-methyl/N-ethyl adjacent to an activating group) is 1. The van der Waals surface area contributed by atoms with Gasteiger partial charge in [0.1, 0.15) is 5.75 Å². The monoisotopic (exact) mass is 251 g/mol. The number of nitrogens with zero attached hydrogens (tertiary/aromatic N) is 1. The lowest BCUT2D eigenvalue weighted by molar-refractivity contribution is -0.143. The van der Waals surface area contributed by atoms with Crippen molar-refractivity contribution in [2.24, 2.45) is 5.92 Å². The standard InChI is InChI=1S/C13H17NO4/c1-14(6-9-2-4-10(15)5-3-9)12-8-18-7-11(12)13(16)17/h2-5,11-12,15H,6-8H2,1H3,(H,16,17). The number of hydrogen-bond acceptors (Lipinski definition) is 4. The second-order valence-corrected chi connectivity index (χ2v) is 4.63. The number of carboxylic acid groups (broad SMARTS) is 1. The van der Waals surface area contributed by atoms with E-state index in [0.29, 0.717) is 13.2 Å². The minimum absolute atomic E-state index is 0.101. The Hall–Kier alpha value is -1.59. The third-order valence-electron chi connectivity index (χ3n) is 3.30. The molecule has 0 amide bonds. The number of hydrogen-bond donors (Lipinski definition) is 2. The van der Waals surface area contributed by atoms with Crippen molar-refractivity contribution in [3.05, 3.63) is 29.8 Å². The van der Waals surface area contributed by atoms with E-state index in [9.17, 15) is 9.90 Å². The van der Waals surface area contributed by atoms with Crippen LogP contribution in [0.2, 0.25) is 0 Å². The van der Waals surface area contributed by atoms with Crippen LogP contribution in [0.3, 0.4) is 0 Å². The van der Waals surface area contributed by atoms with Gasteiger partial charge in [0, 0.05) is 12.6 Å². The molecular formula is C13H17NO4. The zero-order valence-electron chi connectivity index (χ0n) is 10.2. The van der Waals surface area contributed by atoms with Gasteiger partial charge in [-0.05, 0) is 24.7 Å². The summed E-state index contributed by atoms with van der Waals surface area (Å²) in [5.41, 5.74) is 1.03. The molecule has 0 spiro atoms. The lowest BCUT2D eigenvalue weighted by Crippen LogP contribution is -2.40. The van der Waals surface area contributed by atoms with Crippen molar-refractivity contribution in [3.8, 4) is 5.75 Å². The first-order valence-corrected chi connectivity index (χ1v) is 5.86. The quantitative estimate of drug-likeness (QED) is 0.833. The summed E-state index contributed by atoms with van der Waals surface area (Å²) < 4.78 is 5.25. The van der Waals surface area contributed by atoms with Crippen LogP contribution in [0.5, 0.6) is 5.75 Å². The van der Waals surface area contributed by atoms with Gasteiger partial charge in [-0.15, -0.1) is 0 Å². The SMILES string of the molecule is CN(Cc1ccc(O)cc1)C1COCC1C(=O)O. The van der Waals surface area contributed by atoms with Crippen molar-refractivity contribution in [2.75, 3.05) is 20.3 Å². The molecule has 2 N–H and O–H groups in total. The van der Waals surface area contributed by atoms with Gasteiger partial charge in [-0.25, -0.2) is 0 Å². The van der Waals surface area contributed by atoms with Gasteiger partial charge < -0.3 is 14.9 Å². The van der Waals surface area contributed by atoms with E-state index in [2.05, 4.69) is 0 Å². The predicted octanol–water partition coefficient (Wildman–Crippen LogP) is 0.924. The smallest absolute Gasteiger partial charge is 0.310 e. The molecule has 0 aromatic heterocycles. The highest BCUT2D eigenvalue weighted by atomic mass is 16.5. The fraction of sp³-hybridized carbons (Fsp3) is 0.462. The molecule has 0 aliphatic carbocycles. The Bertz CT molecular complexity index is 418. The Morgan fingerprint density at radius 3 is 2.67 bits per heavy atom. The summed E-state index contributed by atoms with van der Waals surface area (Å²) in [6.07, 6.45) is 0. The molecule has 0 bridgehead atoms. The van der Waals surface area contributed by atoms with Crippen molar-refractivity contribution in [2.45, 2.75) is 12.6 Å². The van der Waals surface area contributed by atoms with Gasteiger partial charge in [-0.2, -0.15) is 0 Å². The summed E-state index contributed by atoms with van der Waals surface area (Å²) in [6, 6.07) is 6.82. The van der Waals surface area contributed by atoms with Gasteiger partial charge in [0.15, 0.2) is 0 Å². The van der Waals surface area contributed by atoms with E-state index < -0.39 is 11.9 Å². The molecule has 1 aliphatic heterocycles. The number of rotatable bonds is 4. The van der Waals surface area contributed by atoms with Crippen molar-refractivity contribution >= 4 is 5.97 Å². The zero-order valence-corrected chi connectivity index (χ0v) is 10.2. The van der Waals surface area contributed by atoms with Crippen molar-refractivity contribution in [3.63, 3.8) is 0 Å². The first-order valence-electron chi connectivity index (χ1n) is 5.86. The van der Waals surface area contributed by atoms with E-state index in [-0.39, 0.29) is 18.4 Å². The molecule has 5 heteroatoms. The van der Waals surface area contributed by atoms with E-state index >= 15 is 0 Å². The number of phenols is 1. The molecule has 0 saturated carbocycles. The van der Waals surface area contributed by atoms with E-state index in [4.69, 9.17) is 9.84 Å². The summed E-state index contributed by atoms with van der Waals surface area (Å²) in [6.45, 7) is 1.36. The molecule has 1 aliphatic rings. The average Bonchev–Trinajstić information content (AvgIpc) is 2.81. The van der Waals surface area contributed by atoms with Crippen molar-refractivity contribution < 1.29 is 19.7 Å². The molecule has 1 aromatic carbocycles. The Labute approximate surface area is 106 Å². The summed E-state index contributed by atoms with van der Waals surface area (Å²) in [5.74, 6) is -1.05. The topological polar surface area (TPSA) is 70.0 Å². The summed E-state index contributed by atoms with van der Waals surface area (Å²) in [5, 5.41) is 18.3. The van der Waals surface area contributed by atoms with Gasteiger partial charge in [0.05, 0.1) is 19.1 Å². The summed E-state index contributed by atoms with van der Waals surface area (Å²) in [4.78, 5) is 13.1. The van der Waals surface area contributed by atoms with Crippen LogP contribution in [-0.4, -0.2) is 47.4 Å². The Kier molecular flexibility index (Phi) is 3.84. The number of aliphatic carboxylic acids is 1. The van der Waals surface area contributed by atoms with Crippen LogP contribution in [-0.2, 0) is 16.1 Å². The molecule has 5 nitrogen and oxygen atoms in total. The molecule has 2 atom stereocenters. The molecule has 2 unspecified atom stereocenters. The Balaban J connectivity index is 2.01. The Morgan fingerprint density at radius 2 is 2.06 bits per heavy atom. The zero-order chi connectivity index (χ0) is 13.1. The molecule has 0 radical (unpaired) electrons. The molecule has 98 valence electrons. The maximum absolute atomic E-state index is 11.1. The number of benzene rings is 1. The third-order valence-corrected chi connectivity index (χ3v) is 3.30. The number of carboxylic acids is 1. The van der Waals surface area contributed by atoms with Crippen LogP contribution in [0, 0.1) is 5.92 Å². The maximum atomic E-state index is 11.1. The van der Waals surface area contributed by atoms with Crippen LogP contribution in [0.25, 0.3) is 0 Å². The molecule has 1 aromatic rings. The maximum Gasteiger partial charge on any atom is 0.310 e. The Morgan fingerprint density at radius 1 is 1.39 bits per heavy atom. The highest BCUT2D eigenvalue weighted by Gasteiger charge is 2.36. The second-order valence-electron chi connectivity index (χ2n) is 4.63. The van der Waals surface area contributed by atoms with Crippen LogP contribution in [0.15, 0.2) is 24.3 Å². The van der Waals surface area contributed by atoms with E-state index in [1.165, 1.54) is 0 Å². The van der Waals surface area contributed by atoms with E-state index in [1.54, 1.807) is 12.1 Å². The molecule has 1 fully saturated rings. The third kappa shape index (κ3) is 2.80. The van der Waals surface area contributed by atoms with Crippen LogP contribution >= 0.6 is 0 Å². The van der Waals surface area contributed by atoms with Gasteiger partial charge in [-0.3, -0.25) is 9.69 Å². The lowest BCUT2D eigenvalue weighted by Gasteiger charge is -2.26. The summed E-state index contributed by atoms with van der Waals surface area (Å²) >= 11 is 0. The van der Waals surface area contributed by atoms with E-state index in [0.717, 1.165) is 5.56 Å². The van der Waals surface area contributed by atoms with E-state index in [1.807, 2.05) is 24.1 Å². The van der Waals surface area contributed by atoms with Gasteiger partial charge >= 0.3 is 5.97 Å². The molecular weight excluding hydrogens is 234 g/mol. The van der Waals surface area contributed by atoms with Crippen LogP contribution in [0.1, 0.15) is 5.56 Å². The largest absolute Gasteiger partial charge is 0.508 e. The summed E-state index contributed by atoms with van der Waals surface area (Å²) in [7, 11) is 1.89. The predicted molar refractivity (Wildman–Crippen MR) is 65.3 cm³/mol. The van der Waals surface area contributed by atoms with Crippen LogP contribution < -0.4 is 0 Å². The van der Waals surface area contributed by atoms with Crippen molar-refractivity contribution in [1.82, 2.24) is 4.90 Å². The number of carbonyl (C=O) groups is 1. The minimum atomic E-state index is -0.810. The first kappa shape index (κ1) is 12.9. The fourth-order valence-corrected chi connectivity index (χ4v) is 2.22. The van der Waals surface area contributed by atoms with Gasteiger partial charge in [0.2, 0.25) is 0 Å². The number of aromatic hydroxyl groups is 1.